The predicted octanol–water partition coefficient (Wildman–Crippen LogP) is 2.83. The molecule has 0 aliphatic rings. The first-order valence-corrected chi connectivity index (χ1v) is 6.30. The Bertz CT molecular complexity index is 421. The van der Waals surface area contributed by atoms with Gasteiger partial charge in [-0.1, -0.05) is 0 Å². The number of nitrogens with zero attached hydrogens (tertiary/aromatic N) is 1. The Balaban J connectivity index is 2.78. The van der Waals surface area contributed by atoms with Crippen LogP contribution >= 0.6 is 0 Å². The quantitative estimate of drug-likeness (QED) is 0.446. The van der Waals surface area contributed by atoms with Crippen LogP contribution in [0.3, 0.4) is 0 Å². The van der Waals surface area contributed by atoms with Gasteiger partial charge in [-0.3, -0.25) is 10.1 Å². The molecular formula is C13H20N2O4. The number of anilines is 1. The van der Waals surface area contributed by atoms with Crippen LogP contribution in [-0.4, -0.2) is 30.8 Å². The van der Waals surface area contributed by atoms with E-state index >= 15 is 0 Å². The molecule has 1 N–H and O–H groups in total. The third-order valence-electron chi connectivity index (χ3n) is 2.25. The van der Waals surface area contributed by atoms with Crippen LogP contribution in [0.5, 0.6) is 5.75 Å². The third kappa shape index (κ3) is 5.56. The molecule has 0 bridgehead atoms. The van der Waals surface area contributed by atoms with Crippen molar-refractivity contribution < 1.29 is 14.4 Å². The second-order valence-electron chi connectivity index (χ2n) is 4.26. The van der Waals surface area contributed by atoms with E-state index in [1.807, 2.05) is 20.8 Å². The number of hydrogen-bond acceptors (Lipinski definition) is 5. The van der Waals surface area contributed by atoms with E-state index in [4.69, 9.17) is 9.47 Å². The summed E-state index contributed by atoms with van der Waals surface area (Å²) in [6.45, 7) is 7.47. The van der Waals surface area contributed by atoms with E-state index in [2.05, 4.69) is 5.32 Å². The molecule has 0 amide bonds. The summed E-state index contributed by atoms with van der Waals surface area (Å²) in [6, 6.07) is 4.66. The van der Waals surface area contributed by atoms with Crippen molar-refractivity contribution in [3.05, 3.63) is 28.3 Å². The molecular weight excluding hydrogens is 248 g/mol. The standard InChI is InChI=1S/C13H20N2O4/c1-4-18-6-5-14-11-7-12(15(16)17)9-13(8-11)19-10(2)3/h7-10,14H,4-6H2,1-3H3. The highest BCUT2D eigenvalue weighted by Gasteiger charge is 2.11. The fourth-order valence-electron chi connectivity index (χ4n) is 1.54. The summed E-state index contributed by atoms with van der Waals surface area (Å²) in [5.41, 5.74) is 0.668. The lowest BCUT2D eigenvalue weighted by Crippen LogP contribution is -2.10. The topological polar surface area (TPSA) is 73.6 Å². The van der Waals surface area contributed by atoms with Crippen LogP contribution in [0.1, 0.15) is 20.8 Å². The fraction of sp³-hybridized carbons (Fsp3) is 0.538. The molecule has 0 aliphatic carbocycles. The van der Waals surface area contributed by atoms with Crippen LogP contribution in [0.2, 0.25) is 0 Å². The van der Waals surface area contributed by atoms with E-state index in [1.165, 1.54) is 12.1 Å². The van der Waals surface area contributed by atoms with Crippen LogP contribution in [-0.2, 0) is 4.74 Å². The lowest BCUT2D eigenvalue weighted by Gasteiger charge is -2.12. The molecule has 0 spiro atoms. The van der Waals surface area contributed by atoms with E-state index in [9.17, 15) is 10.1 Å². The van der Waals surface area contributed by atoms with Gasteiger partial charge in [0.05, 0.1) is 23.7 Å². The zero-order valence-electron chi connectivity index (χ0n) is 11.5. The molecule has 0 saturated carbocycles. The number of nitro benzene ring substituents is 1. The van der Waals surface area contributed by atoms with Crippen LogP contribution < -0.4 is 10.1 Å². The van der Waals surface area contributed by atoms with Crippen molar-refractivity contribution in [2.24, 2.45) is 0 Å². The SMILES string of the molecule is CCOCCNc1cc(OC(C)C)cc([N+](=O)[O-])c1. The molecule has 0 aliphatic heterocycles. The Morgan fingerprint density at radius 3 is 2.68 bits per heavy atom. The smallest absolute Gasteiger partial charge is 0.275 e. The zero-order valence-corrected chi connectivity index (χ0v) is 11.5. The van der Waals surface area contributed by atoms with Gasteiger partial charge >= 0.3 is 0 Å². The average Bonchev–Trinajstić information content (AvgIpc) is 2.33. The first-order chi connectivity index (χ1) is 9.02. The summed E-state index contributed by atoms with van der Waals surface area (Å²) < 4.78 is 10.7. The Kier molecular flexibility index (Phi) is 6.08. The normalized spacial score (nSPS) is 10.5. The number of nitro groups is 1. The Morgan fingerprint density at radius 2 is 2.11 bits per heavy atom. The van der Waals surface area contributed by atoms with Crippen molar-refractivity contribution in [3.8, 4) is 5.75 Å². The van der Waals surface area contributed by atoms with Crippen LogP contribution in [0.4, 0.5) is 11.4 Å². The van der Waals surface area contributed by atoms with Gasteiger partial charge < -0.3 is 14.8 Å². The molecule has 6 nitrogen and oxygen atoms in total. The first kappa shape index (κ1) is 15.2. The van der Waals surface area contributed by atoms with E-state index < -0.39 is 4.92 Å². The summed E-state index contributed by atoms with van der Waals surface area (Å²) >= 11 is 0. The Morgan fingerprint density at radius 1 is 1.37 bits per heavy atom. The maximum atomic E-state index is 10.9. The molecule has 0 unspecified atom stereocenters. The molecule has 0 fully saturated rings. The molecule has 0 radical (unpaired) electrons. The van der Waals surface area contributed by atoms with Gasteiger partial charge in [-0.2, -0.15) is 0 Å². The van der Waals surface area contributed by atoms with Crippen molar-refractivity contribution in [1.82, 2.24) is 0 Å². The summed E-state index contributed by atoms with van der Waals surface area (Å²) in [5, 5.41) is 13.9. The number of nitrogens with one attached hydrogen (secondary N) is 1. The summed E-state index contributed by atoms with van der Waals surface area (Å²) in [5.74, 6) is 0.489. The molecule has 0 heterocycles. The second-order valence-corrected chi connectivity index (χ2v) is 4.26. The van der Waals surface area contributed by atoms with Crippen molar-refractivity contribution in [2.45, 2.75) is 26.9 Å². The lowest BCUT2D eigenvalue weighted by atomic mass is 10.2. The molecule has 1 aromatic rings. The number of benzene rings is 1. The minimum Gasteiger partial charge on any atom is -0.491 e. The number of non-ortho nitro benzene ring substituents is 1. The highest BCUT2D eigenvalue weighted by Crippen LogP contribution is 2.26. The van der Waals surface area contributed by atoms with Gasteiger partial charge in [0.15, 0.2) is 0 Å². The van der Waals surface area contributed by atoms with E-state index in [0.717, 1.165) is 0 Å². The van der Waals surface area contributed by atoms with Crippen LogP contribution in [0, 0.1) is 10.1 Å². The lowest BCUT2D eigenvalue weighted by molar-refractivity contribution is -0.384. The van der Waals surface area contributed by atoms with Gasteiger partial charge in [0.1, 0.15) is 5.75 Å². The molecule has 0 saturated heterocycles. The highest BCUT2D eigenvalue weighted by atomic mass is 16.6. The molecule has 1 aromatic carbocycles. The molecule has 0 aromatic heterocycles. The Hall–Kier alpha value is -1.82. The maximum Gasteiger partial charge on any atom is 0.275 e. The summed E-state index contributed by atoms with van der Waals surface area (Å²) in [6.07, 6.45) is -0.0294. The fourth-order valence-corrected chi connectivity index (χ4v) is 1.54. The van der Waals surface area contributed by atoms with Crippen molar-refractivity contribution in [1.29, 1.82) is 0 Å². The summed E-state index contributed by atoms with van der Waals surface area (Å²) in [7, 11) is 0. The molecule has 1 rings (SSSR count). The maximum absolute atomic E-state index is 10.9. The van der Waals surface area contributed by atoms with Crippen LogP contribution in [0.15, 0.2) is 18.2 Å². The monoisotopic (exact) mass is 268 g/mol. The molecule has 19 heavy (non-hydrogen) atoms. The zero-order chi connectivity index (χ0) is 14.3. The number of rotatable bonds is 8. The van der Waals surface area contributed by atoms with Crippen molar-refractivity contribution in [2.75, 3.05) is 25.1 Å². The minimum atomic E-state index is -0.430. The van der Waals surface area contributed by atoms with Gasteiger partial charge in [-0.05, 0) is 20.8 Å². The average molecular weight is 268 g/mol. The van der Waals surface area contributed by atoms with Gasteiger partial charge in [0.25, 0.3) is 5.69 Å². The first-order valence-electron chi connectivity index (χ1n) is 6.30. The van der Waals surface area contributed by atoms with E-state index in [0.29, 0.717) is 31.2 Å². The number of ether oxygens (including phenoxy) is 2. The van der Waals surface area contributed by atoms with E-state index in [-0.39, 0.29) is 11.8 Å². The van der Waals surface area contributed by atoms with Crippen molar-refractivity contribution in [3.63, 3.8) is 0 Å². The summed E-state index contributed by atoms with van der Waals surface area (Å²) in [4.78, 5) is 10.4. The Labute approximate surface area is 112 Å². The van der Waals surface area contributed by atoms with Gasteiger partial charge in [-0.15, -0.1) is 0 Å². The van der Waals surface area contributed by atoms with Gasteiger partial charge in [0, 0.05) is 31.0 Å². The van der Waals surface area contributed by atoms with Crippen LogP contribution in [0.25, 0.3) is 0 Å². The number of hydrogen-bond donors (Lipinski definition) is 1. The van der Waals surface area contributed by atoms with Gasteiger partial charge in [0.2, 0.25) is 0 Å². The van der Waals surface area contributed by atoms with E-state index in [1.54, 1.807) is 6.07 Å². The molecule has 6 heteroatoms. The molecule has 0 atom stereocenters. The highest BCUT2D eigenvalue weighted by molar-refractivity contribution is 5.56. The largest absolute Gasteiger partial charge is 0.491 e. The van der Waals surface area contributed by atoms with Crippen molar-refractivity contribution >= 4 is 11.4 Å². The third-order valence-corrected chi connectivity index (χ3v) is 2.25. The second kappa shape index (κ2) is 7.58. The molecule has 106 valence electrons. The minimum absolute atomic E-state index is 0.0112. The van der Waals surface area contributed by atoms with Gasteiger partial charge in [-0.25, -0.2) is 0 Å². The predicted molar refractivity (Wildman–Crippen MR) is 73.8 cm³/mol.